The molecular weight excluding hydrogens is 319 g/mol. The van der Waals surface area contributed by atoms with Crippen LogP contribution in [0.1, 0.15) is 12.6 Å². The number of aromatic nitrogens is 4. The maximum Gasteiger partial charge on any atom is 0.225 e. The van der Waals surface area contributed by atoms with E-state index in [0.29, 0.717) is 24.2 Å². The van der Waals surface area contributed by atoms with Crippen molar-refractivity contribution in [2.24, 2.45) is 0 Å². The van der Waals surface area contributed by atoms with Crippen LogP contribution in [0.2, 0.25) is 10.4 Å². The molecule has 0 bridgehead atoms. The second-order valence-corrected chi connectivity index (χ2v) is 5.40. The Morgan fingerprint density at radius 2 is 2.19 bits per heavy atom. The first-order valence-corrected chi connectivity index (χ1v) is 7.12. The number of rotatable bonds is 4. The van der Waals surface area contributed by atoms with Crippen LogP contribution in [0.4, 0.5) is 0 Å². The van der Waals surface area contributed by atoms with Crippen molar-refractivity contribution in [1.82, 2.24) is 19.5 Å². The van der Waals surface area contributed by atoms with Crippen molar-refractivity contribution in [2.75, 3.05) is 20.8 Å². The van der Waals surface area contributed by atoms with Crippen molar-refractivity contribution in [3.8, 4) is 0 Å². The lowest BCUT2D eigenvalue weighted by Crippen LogP contribution is -2.27. The molecule has 0 unspecified atom stereocenters. The number of nitrogens with zero attached hydrogens (tertiary/aromatic N) is 4. The molecule has 1 saturated heterocycles. The quantitative estimate of drug-likeness (QED) is 0.630. The van der Waals surface area contributed by atoms with Gasteiger partial charge in [0.2, 0.25) is 5.28 Å². The molecule has 0 saturated carbocycles. The van der Waals surface area contributed by atoms with Crippen molar-refractivity contribution in [3.63, 3.8) is 0 Å². The molecular formula is C12H14Cl2N4O3. The van der Waals surface area contributed by atoms with Crippen molar-refractivity contribution in [2.45, 2.75) is 24.9 Å². The smallest absolute Gasteiger partial charge is 0.225 e. The standard InChI is InChI=1S/C12H14Cl2N4O3/c1-19-4-7-6(20-2)3-8(21-7)18-5-15-9-10(13)16-12(14)17-11(9)18/h5-8H,3-4H2,1-2H3/t6-,7-,8-/m1/s1. The predicted molar refractivity (Wildman–Crippen MR) is 76.5 cm³/mol. The van der Waals surface area contributed by atoms with Crippen molar-refractivity contribution >= 4 is 34.4 Å². The monoisotopic (exact) mass is 332 g/mol. The third-order valence-corrected chi connectivity index (χ3v) is 3.91. The van der Waals surface area contributed by atoms with Gasteiger partial charge in [-0.1, -0.05) is 11.6 Å². The van der Waals surface area contributed by atoms with Crippen LogP contribution in [-0.4, -0.2) is 52.6 Å². The summed E-state index contributed by atoms with van der Waals surface area (Å²) < 4.78 is 18.3. The van der Waals surface area contributed by atoms with E-state index in [2.05, 4.69) is 15.0 Å². The van der Waals surface area contributed by atoms with E-state index in [4.69, 9.17) is 37.4 Å². The van der Waals surface area contributed by atoms with Gasteiger partial charge in [0.1, 0.15) is 17.8 Å². The van der Waals surface area contributed by atoms with Gasteiger partial charge in [-0.15, -0.1) is 0 Å². The summed E-state index contributed by atoms with van der Waals surface area (Å²) >= 11 is 11.9. The second-order valence-electron chi connectivity index (χ2n) is 4.70. The maximum absolute atomic E-state index is 6.02. The molecule has 1 aliphatic rings. The molecule has 7 nitrogen and oxygen atoms in total. The highest BCUT2D eigenvalue weighted by Gasteiger charge is 2.37. The van der Waals surface area contributed by atoms with Gasteiger partial charge < -0.3 is 14.2 Å². The Morgan fingerprint density at radius 1 is 1.38 bits per heavy atom. The topological polar surface area (TPSA) is 71.3 Å². The molecule has 0 aromatic carbocycles. The molecule has 0 N–H and O–H groups in total. The Balaban J connectivity index is 1.94. The minimum Gasteiger partial charge on any atom is -0.382 e. The SMILES string of the molecule is COC[C@H]1O[C@@H](n2cnc3c(Cl)nc(Cl)nc32)C[C@H]1OC. The molecule has 114 valence electrons. The number of fused-ring (bicyclic) bond motifs is 1. The molecule has 9 heteroatoms. The lowest BCUT2D eigenvalue weighted by Gasteiger charge is -2.16. The first-order valence-electron chi connectivity index (χ1n) is 6.36. The van der Waals surface area contributed by atoms with E-state index in [1.807, 2.05) is 0 Å². The second kappa shape index (κ2) is 6.02. The Labute approximate surface area is 131 Å². The highest BCUT2D eigenvalue weighted by atomic mass is 35.5. The van der Waals surface area contributed by atoms with Crippen LogP contribution < -0.4 is 0 Å². The molecule has 0 radical (unpaired) electrons. The van der Waals surface area contributed by atoms with Crippen LogP contribution in [0.3, 0.4) is 0 Å². The normalized spacial score (nSPS) is 25.8. The van der Waals surface area contributed by atoms with Crippen molar-refractivity contribution < 1.29 is 14.2 Å². The van der Waals surface area contributed by atoms with E-state index in [1.54, 1.807) is 25.1 Å². The maximum atomic E-state index is 6.02. The van der Waals surface area contributed by atoms with Gasteiger partial charge >= 0.3 is 0 Å². The average molecular weight is 333 g/mol. The van der Waals surface area contributed by atoms with E-state index < -0.39 is 0 Å². The van der Waals surface area contributed by atoms with Crippen LogP contribution in [0.15, 0.2) is 6.33 Å². The number of halogens is 2. The van der Waals surface area contributed by atoms with Gasteiger partial charge in [-0.2, -0.15) is 4.98 Å². The number of hydrogen-bond acceptors (Lipinski definition) is 6. The molecule has 21 heavy (non-hydrogen) atoms. The molecule has 1 fully saturated rings. The van der Waals surface area contributed by atoms with Crippen LogP contribution in [0, 0.1) is 0 Å². The average Bonchev–Trinajstić information content (AvgIpc) is 3.02. The number of imidazole rings is 1. The number of hydrogen-bond donors (Lipinski definition) is 0. The van der Waals surface area contributed by atoms with Crippen molar-refractivity contribution in [1.29, 1.82) is 0 Å². The van der Waals surface area contributed by atoms with E-state index in [1.165, 1.54) is 0 Å². The van der Waals surface area contributed by atoms with Crippen LogP contribution in [-0.2, 0) is 14.2 Å². The summed E-state index contributed by atoms with van der Waals surface area (Å²) in [6.45, 7) is 0.456. The van der Waals surface area contributed by atoms with Gasteiger partial charge in [0.15, 0.2) is 10.8 Å². The molecule has 2 aromatic rings. The number of ether oxygens (including phenoxy) is 3. The Hall–Kier alpha value is -0.990. The van der Waals surface area contributed by atoms with Gasteiger partial charge in [-0.3, -0.25) is 4.57 Å². The van der Waals surface area contributed by atoms with E-state index in [-0.39, 0.29) is 28.9 Å². The Kier molecular flexibility index (Phi) is 4.28. The van der Waals surface area contributed by atoms with E-state index in [0.717, 1.165) is 0 Å². The highest BCUT2D eigenvalue weighted by molar-refractivity contribution is 6.35. The number of methoxy groups -OCH3 is 2. The van der Waals surface area contributed by atoms with Gasteiger partial charge in [0, 0.05) is 20.6 Å². The third-order valence-electron chi connectivity index (χ3n) is 3.48. The van der Waals surface area contributed by atoms with E-state index >= 15 is 0 Å². The zero-order chi connectivity index (χ0) is 15.0. The summed E-state index contributed by atoms with van der Waals surface area (Å²) in [5.41, 5.74) is 1.03. The van der Waals surface area contributed by atoms with Gasteiger partial charge in [-0.25, -0.2) is 9.97 Å². The Morgan fingerprint density at radius 3 is 2.90 bits per heavy atom. The fourth-order valence-corrected chi connectivity index (χ4v) is 2.92. The summed E-state index contributed by atoms with van der Waals surface area (Å²) in [6, 6.07) is 0. The molecule has 3 heterocycles. The van der Waals surface area contributed by atoms with Crippen LogP contribution in [0.5, 0.6) is 0 Å². The van der Waals surface area contributed by atoms with Gasteiger partial charge in [0.25, 0.3) is 0 Å². The predicted octanol–water partition coefficient (Wildman–Crippen LogP) is 2.08. The molecule has 0 amide bonds. The fraction of sp³-hybridized carbons (Fsp3) is 0.583. The summed E-state index contributed by atoms with van der Waals surface area (Å²) in [5, 5.41) is 0.294. The Bertz CT molecular complexity index is 651. The molecule has 1 aliphatic heterocycles. The van der Waals surface area contributed by atoms with Crippen LogP contribution in [0.25, 0.3) is 11.2 Å². The highest BCUT2D eigenvalue weighted by Crippen LogP contribution is 2.33. The molecule has 0 spiro atoms. The fourth-order valence-electron chi connectivity index (χ4n) is 2.50. The first kappa shape index (κ1) is 14.9. The van der Waals surface area contributed by atoms with E-state index in [9.17, 15) is 0 Å². The summed E-state index contributed by atoms with van der Waals surface area (Å²) in [7, 11) is 3.28. The first-order chi connectivity index (χ1) is 10.1. The zero-order valence-corrected chi connectivity index (χ0v) is 13.0. The van der Waals surface area contributed by atoms with Crippen molar-refractivity contribution in [3.05, 3.63) is 16.8 Å². The lowest BCUT2D eigenvalue weighted by molar-refractivity contribution is -0.0597. The summed E-state index contributed by atoms with van der Waals surface area (Å²) in [5.74, 6) is 0. The molecule has 3 rings (SSSR count). The third kappa shape index (κ3) is 2.72. The summed E-state index contributed by atoms with van der Waals surface area (Å²) in [4.78, 5) is 12.3. The molecule has 3 atom stereocenters. The van der Waals surface area contributed by atoms with Crippen LogP contribution >= 0.6 is 23.2 Å². The van der Waals surface area contributed by atoms with Gasteiger partial charge in [-0.05, 0) is 11.6 Å². The van der Waals surface area contributed by atoms with Gasteiger partial charge in [0.05, 0.1) is 19.0 Å². The lowest BCUT2D eigenvalue weighted by atomic mass is 10.2. The zero-order valence-electron chi connectivity index (χ0n) is 11.5. The largest absolute Gasteiger partial charge is 0.382 e. The minimum atomic E-state index is -0.262. The molecule has 0 aliphatic carbocycles. The summed E-state index contributed by atoms with van der Waals surface area (Å²) in [6.07, 6.45) is 1.82. The minimum absolute atomic E-state index is 0.0554. The molecule has 2 aromatic heterocycles.